The maximum atomic E-state index is 13.1. The second-order valence-electron chi connectivity index (χ2n) is 7.45. The number of likely N-dealkylation sites (tertiary alicyclic amines) is 1. The molecule has 0 atom stereocenters. The number of nitrogens with one attached hydrogen (secondary N) is 1. The first-order chi connectivity index (χ1) is 13.0. The molecular weight excluding hydrogens is 374 g/mol. The van der Waals surface area contributed by atoms with Crippen LogP contribution in [-0.4, -0.2) is 49.2 Å². The summed E-state index contributed by atoms with van der Waals surface area (Å²) in [7, 11) is 3.66. The van der Waals surface area contributed by atoms with E-state index in [0.717, 1.165) is 66.8 Å². The van der Waals surface area contributed by atoms with Crippen molar-refractivity contribution in [2.45, 2.75) is 33.1 Å². The van der Waals surface area contributed by atoms with Gasteiger partial charge in [-0.1, -0.05) is 0 Å². The molecule has 2 aromatic rings. The highest BCUT2D eigenvalue weighted by Gasteiger charge is 2.26. The molecule has 0 radical (unpaired) electrons. The largest absolute Gasteiger partial charge is 0.497 e. The molecule has 1 amide bonds. The summed E-state index contributed by atoms with van der Waals surface area (Å²) in [6.45, 7) is 6.86. The Balaban J connectivity index is 0.00000280. The smallest absolute Gasteiger partial charge is 0.255 e. The van der Waals surface area contributed by atoms with Crippen molar-refractivity contribution in [2.24, 2.45) is 5.92 Å². The van der Waals surface area contributed by atoms with E-state index in [2.05, 4.69) is 16.8 Å². The van der Waals surface area contributed by atoms with Crippen LogP contribution in [0.25, 0.3) is 5.69 Å². The van der Waals surface area contributed by atoms with Crippen molar-refractivity contribution < 1.29 is 9.53 Å². The summed E-state index contributed by atoms with van der Waals surface area (Å²) >= 11 is 0. The van der Waals surface area contributed by atoms with E-state index in [1.807, 2.05) is 49.2 Å². The molecule has 2 heterocycles. The first-order valence-corrected chi connectivity index (χ1v) is 9.82. The second-order valence-corrected chi connectivity index (χ2v) is 7.45. The molecule has 1 N–H and O–H groups in total. The molecular formula is C22H32ClN3O2. The van der Waals surface area contributed by atoms with E-state index >= 15 is 0 Å². The lowest BCUT2D eigenvalue weighted by atomic mass is 9.93. The van der Waals surface area contributed by atoms with Crippen molar-refractivity contribution in [3.05, 3.63) is 47.3 Å². The Hall–Kier alpha value is -1.98. The molecule has 1 aromatic carbocycles. The lowest BCUT2D eigenvalue weighted by Crippen LogP contribution is -2.39. The Morgan fingerprint density at radius 2 is 1.82 bits per heavy atom. The first-order valence-electron chi connectivity index (χ1n) is 9.82. The van der Waals surface area contributed by atoms with Crippen LogP contribution in [0.1, 0.15) is 41.0 Å². The van der Waals surface area contributed by atoms with Crippen LogP contribution in [0.2, 0.25) is 0 Å². The monoisotopic (exact) mass is 405 g/mol. The van der Waals surface area contributed by atoms with Crippen molar-refractivity contribution >= 4 is 18.3 Å². The molecule has 0 spiro atoms. The predicted molar refractivity (Wildman–Crippen MR) is 116 cm³/mol. The fraction of sp³-hybridized carbons (Fsp3) is 0.500. The number of carbonyl (C=O) groups excluding carboxylic acids is 1. The summed E-state index contributed by atoms with van der Waals surface area (Å²) in [5.41, 5.74) is 3.94. The van der Waals surface area contributed by atoms with Crippen molar-refractivity contribution in [3.8, 4) is 11.4 Å². The minimum absolute atomic E-state index is 0. The van der Waals surface area contributed by atoms with Crippen molar-refractivity contribution in [2.75, 3.05) is 33.8 Å². The molecule has 0 aliphatic carbocycles. The van der Waals surface area contributed by atoms with Gasteiger partial charge in [0.25, 0.3) is 5.91 Å². The molecule has 1 saturated heterocycles. The van der Waals surface area contributed by atoms with E-state index < -0.39 is 0 Å². The number of benzene rings is 1. The standard InChI is InChI=1S/C22H31N3O2.ClH/c1-16-15-21(17(2)25(16)19-5-7-20(27-4)8-6-19)22(26)24-13-10-18(11-14-24)9-12-23-3;/h5-8,15,18,23H,9-14H2,1-4H3;1H. The zero-order valence-electron chi connectivity index (χ0n) is 17.3. The van der Waals surface area contributed by atoms with Gasteiger partial charge >= 0.3 is 0 Å². The summed E-state index contributed by atoms with van der Waals surface area (Å²) < 4.78 is 7.39. The fourth-order valence-corrected chi connectivity index (χ4v) is 4.05. The third-order valence-electron chi connectivity index (χ3n) is 5.70. The average Bonchev–Trinajstić information content (AvgIpc) is 3.00. The third kappa shape index (κ3) is 4.70. The van der Waals surface area contributed by atoms with Gasteiger partial charge in [-0.3, -0.25) is 4.79 Å². The number of hydrogen-bond acceptors (Lipinski definition) is 3. The molecule has 154 valence electrons. The minimum atomic E-state index is 0. The van der Waals surface area contributed by atoms with Crippen LogP contribution in [0.3, 0.4) is 0 Å². The molecule has 1 fully saturated rings. The molecule has 5 nitrogen and oxygen atoms in total. The zero-order chi connectivity index (χ0) is 19.4. The number of carbonyl (C=O) groups is 1. The highest BCUT2D eigenvalue weighted by atomic mass is 35.5. The number of hydrogen-bond donors (Lipinski definition) is 1. The van der Waals surface area contributed by atoms with E-state index in [9.17, 15) is 4.79 Å². The summed E-state index contributed by atoms with van der Waals surface area (Å²) in [6.07, 6.45) is 3.40. The van der Waals surface area contributed by atoms with E-state index in [-0.39, 0.29) is 18.3 Å². The number of piperidine rings is 1. The normalized spacial score (nSPS) is 14.6. The molecule has 28 heavy (non-hydrogen) atoms. The number of amides is 1. The Morgan fingerprint density at radius 3 is 2.39 bits per heavy atom. The number of methoxy groups -OCH3 is 1. The van der Waals surface area contributed by atoms with E-state index in [0.29, 0.717) is 0 Å². The number of rotatable bonds is 6. The number of halogens is 1. The molecule has 1 aliphatic heterocycles. The van der Waals surface area contributed by atoms with Crippen LogP contribution in [0.5, 0.6) is 5.75 Å². The Labute approximate surface area is 174 Å². The van der Waals surface area contributed by atoms with Crippen LogP contribution < -0.4 is 10.1 Å². The topological polar surface area (TPSA) is 46.5 Å². The van der Waals surface area contributed by atoms with Gasteiger partial charge in [-0.25, -0.2) is 0 Å². The lowest BCUT2D eigenvalue weighted by Gasteiger charge is -2.32. The first kappa shape index (κ1) is 22.3. The van der Waals surface area contributed by atoms with Gasteiger partial charge < -0.3 is 19.5 Å². The number of aryl methyl sites for hydroxylation is 1. The maximum absolute atomic E-state index is 13.1. The van der Waals surface area contributed by atoms with Gasteiger partial charge in [-0.15, -0.1) is 12.4 Å². The SMILES string of the molecule is CNCCC1CCN(C(=O)c2cc(C)n(-c3ccc(OC)cc3)c2C)CC1.Cl. The quantitative estimate of drug-likeness (QED) is 0.790. The van der Waals surface area contributed by atoms with Crippen LogP contribution in [0, 0.1) is 19.8 Å². The highest BCUT2D eigenvalue weighted by Crippen LogP contribution is 2.26. The van der Waals surface area contributed by atoms with Gasteiger partial charge in [0, 0.05) is 30.2 Å². The van der Waals surface area contributed by atoms with Crippen LogP contribution in [0.4, 0.5) is 0 Å². The molecule has 0 unspecified atom stereocenters. The lowest BCUT2D eigenvalue weighted by molar-refractivity contribution is 0.0686. The van der Waals surface area contributed by atoms with Gasteiger partial charge in [-0.05, 0) is 83.0 Å². The Morgan fingerprint density at radius 1 is 1.18 bits per heavy atom. The van der Waals surface area contributed by atoms with Crippen molar-refractivity contribution in [3.63, 3.8) is 0 Å². The zero-order valence-corrected chi connectivity index (χ0v) is 18.1. The maximum Gasteiger partial charge on any atom is 0.255 e. The second kappa shape index (κ2) is 9.99. The summed E-state index contributed by atoms with van der Waals surface area (Å²) in [6, 6.07) is 9.98. The molecule has 3 rings (SSSR count). The van der Waals surface area contributed by atoms with Crippen molar-refractivity contribution in [1.82, 2.24) is 14.8 Å². The molecule has 1 aliphatic rings. The molecule has 0 saturated carbocycles. The summed E-state index contributed by atoms with van der Waals surface area (Å²) in [5, 5.41) is 3.22. The van der Waals surface area contributed by atoms with Gasteiger partial charge in [0.05, 0.1) is 12.7 Å². The van der Waals surface area contributed by atoms with Crippen LogP contribution in [-0.2, 0) is 0 Å². The molecule has 0 bridgehead atoms. The average molecular weight is 406 g/mol. The van der Waals surface area contributed by atoms with E-state index in [1.165, 1.54) is 6.42 Å². The third-order valence-corrected chi connectivity index (χ3v) is 5.70. The van der Waals surface area contributed by atoms with Gasteiger partial charge in [0.15, 0.2) is 0 Å². The van der Waals surface area contributed by atoms with Gasteiger partial charge in [-0.2, -0.15) is 0 Å². The fourth-order valence-electron chi connectivity index (χ4n) is 4.05. The summed E-state index contributed by atoms with van der Waals surface area (Å²) in [4.78, 5) is 15.1. The molecule has 6 heteroatoms. The molecule has 1 aromatic heterocycles. The van der Waals surface area contributed by atoms with Crippen LogP contribution in [0.15, 0.2) is 30.3 Å². The number of ether oxygens (including phenoxy) is 1. The minimum Gasteiger partial charge on any atom is -0.497 e. The Kier molecular flexibility index (Phi) is 7.96. The highest BCUT2D eigenvalue weighted by molar-refractivity contribution is 5.96. The van der Waals surface area contributed by atoms with Gasteiger partial charge in [0.1, 0.15) is 5.75 Å². The number of aromatic nitrogens is 1. The van der Waals surface area contributed by atoms with Gasteiger partial charge in [0.2, 0.25) is 0 Å². The van der Waals surface area contributed by atoms with E-state index in [4.69, 9.17) is 4.74 Å². The number of nitrogens with zero attached hydrogens (tertiary/aromatic N) is 2. The predicted octanol–water partition coefficient (Wildman–Crippen LogP) is 3.99. The summed E-state index contributed by atoms with van der Waals surface area (Å²) in [5.74, 6) is 1.72. The van der Waals surface area contributed by atoms with Crippen molar-refractivity contribution in [1.29, 1.82) is 0 Å². The Bertz CT molecular complexity index is 778. The van der Waals surface area contributed by atoms with E-state index in [1.54, 1.807) is 7.11 Å². The van der Waals surface area contributed by atoms with Crippen LogP contribution >= 0.6 is 12.4 Å².